The summed E-state index contributed by atoms with van der Waals surface area (Å²) < 4.78 is 4.93. The third-order valence-electron chi connectivity index (χ3n) is 3.56. The van der Waals surface area contributed by atoms with E-state index in [-0.39, 0.29) is 16.9 Å². The number of anilines is 2. The van der Waals surface area contributed by atoms with Gasteiger partial charge in [-0.15, -0.1) is 0 Å². The molecule has 7 heteroatoms. The highest BCUT2D eigenvalue weighted by Gasteiger charge is 2.31. The predicted octanol–water partition coefficient (Wildman–Crippen LogP) is 2.08. The molecule has 1 heterocycles. The van der Waals surface area contributed by atoms with Crippen LogP contribution in [0.25, 0.3) is 0 Å². The summed E-state index contributed by atoms with van der Waals surface area (Å²) in [5.41, 5.74) is 7.33. The van der Waals surface area contributed by atoms with Gasteiger partial charge in [0.15, 0.2) is 5.12 Å². The largest absolute Gasteiger partial charge is 0.462 e. The minimum absolute atomic E-state index is 0.0188. The zero-order valence-electron chi connectivity index (χ0n) is 13.2. The monoisotopic (exact) mass is 336 g/mol. The molecule has 2 rings (SSSR count). The molecule has 1 saturated heterocycles. The smallest absolute Gasteiger partial charge is 0.338 e. The fourth-order valence-corrected chi connectivity index (χ4v) is 3.20. The van der Waals surface area contributed by atoms with Crippen LogP contribution in [-0.4, -0.2) is 35.9 Å². The van der Waals surface area contributed by atoms with E-state index in [4.69, 9.17) is 10.5 Å². The summed E-state index contributed by atoms with van der Waals surface area (Å²) in [6, 6.07) is 4.80. The van der Waals surface area contributed by atoms with Crippen LogP contribution in [0.1, 0.15) is 30.6 Å². The summed E-state index contributed by atoms with van der Waals surface area (Å²) in [6.07, 6.45) is 0.402. The first-order valence-corrected chi connectivity index (χ1v) is 8.41. The van der Waals surface area contributed by atoms with Crippen molar-refractivity contribution in [3.63, 3.8) is 0 Å². The van der Waals surface area contributed by atoms with Gasteiger partial charge in [0.25, 0.3) is 0 Å². The van der Waals surface area contributed by atoms with Gasteiger partial charge in [0.05, 0.1) is 23.5 Å². The molecule has 23 heavy (non-hydrogen) atoms. The number of carbonyl (C=O) groups is 3. The van der Waals surface area contributed by atoms with E-state index in [1.807, 2.05) is 0 Å². The summed E-state index contributed by atoms with van der Waals surface area (Å²) in [5.74, 6) is 0.294. The van der Waals surface area contributed by atoms with Crippen molar-refractivity contribution in [2.75, 3.05) is 29.5 Å². The van der Waals surface area contributed by atoms with E-state index in [0.29, 0.717) is 42.3 Å². The molecule has 0 radical (unpaired) electrons. The molecule has 0 aromatic heterocycles. The van der Waals surface area contributed by atoms with Crippen LogP contribution >= 0.6 is 11.8 Å². The van der Waals surface area contributed by atoms with Crippen molar-refractivity contribution in [3.8, 4) is 0 Å². The van der Waals surface area contributed by atoms with Gasteiger partial charge in [0.1, 0.15) is 0 Å². The van der Waals surface area contributed by atoms with Crippen LogP contribution < -0.4 is 10.6 Å². The molecule has 1 unspecified atom stereocenters. The number of esters is 1. The zero-order valence-corrected chi connectivity index (χ0v) is 14.0. The molecule has 0 aliphatic carbocycles. The molecular weight excluding hydrogens is 316 g/mol. The molecule has 1 atom stereocenters. The van der Waals surface area contributed by atoms with Crippen molar-refractivity contribution in [2.45, 2.75) is 20.3 Å². The van der Waals surface area contributed by atoms with E-state index in [2.05, 4.69) is 0 Å². The first kappa shape index (κ1) is 17.3. The molecule has 6 nitrogen and oxygen atoms in total. The molecule has 1 aromatic rings. The zero-order chi connectivity index (χ0) is 17.0. The van der Waals surface area contributed by atoms with Crippen LogP contribution in [0.5, 0.6) is 0 Å². The number of benzene rings is 1. The Morgan fingerprint density at radius 1 is 1.43 bits per heavy atom. The molecule has 124 valence electrons. The quantitative estimate of drug-likeness (QED) is 0.654. The number of nitrogen functional groups attached to an aromatic ring is 1. The first-order chi connectivity index (χ1) is 10.9. The van der Waals surface area contributed by atoms with Crippen LogP contribution in [0, 0.1) is 5.92 Å². The van der Waals surface area contributed by atoms with Gasteiger partial charge in [-0.25, -0.2) is 4.79 Å². The van der Waals surface area contributed by atoms with Gasteiger partial charge in [-0.05, 0) is 31.0 Å². The second-order valence-corrected chi connectivity index (χ2v) is 6.57. The van der Waals surface area contributed by atoms with Gasteiger partial charge in [-0.1, -0.05) is 11.8 Å². The Bertz CT molecular complexity index is 633. The number of hydrogen-bond acceptors (Lipinski definition) is 6. The fourth-order valence-electron chi connectivity index (χ4n) is 2.50. The number of carbonyl (C=O) groups excluding carboxylic acids is 3. The average Bonchev–Trinajstić information content (AvgIpc) is 2.86. The molecule has 1 amide bonds. The van der Waals surface area contributed by atoms with Crippen molar-refractivity contribution in [1.29, 1.82) is 0 Å². The lowest BCUT2D eigenvalue weighted by Crippen LogP contribution is -2.26. The van der Waals surface area contributed by atoms with Gasteiger partial charge in [-0.3, -0.25) is 9.59 Å². The van der Waals surface area contributed by atoms with Gasteiger partial charge < -0.3 is 15.4 Å². The Balaban J connectivity index is 2.11. The van der Waals surface area contributed by atoms with Crippen molar-refractivity contribution in [1.82, 2.24) is 0 Å². The second kappa shape index (κ2) is 7.50. The summed E-state index contributed by atoms with van der Waals surface area (Å²) in [4.78, 5) is 36.6. The Morgan fingerprint density at radius 2 is 2.17 bits per heavy atom. The second-order valence-electron chi connectivity index (χ2n) is 5.37. The lowest BCUT2D eigenvalue weighted by Gasteiger charge is -2.19. The van der Waals surface area contributed by atoms with E-state index in [1.54, 1.807) is 24.0 Å². The van der Waals surface area contributed by atoms with Gasteiger partial charge in [0, 0.05) is 25.6 Å². The Kier molecular flexibility index (Phi) is 5.65. The third-order valence-corrected chi connectivity index (χ3v) is 4.60. The van der Waals surface area contributed by atoms with Gasteiger partial charge in [0.2, 0.25) is 5.91 Å². The van der Waals surface area contributed by atoms with Gasteiger partial charge >= 0.3 is 5.97 Å². The van der Waals surface area contributed by atoms with Crippen LogP contribution in [0.4, 0.5) is 11.4 Å². The number of nitrogens with zero attached hydrogens (tertiary/aromatic N) is 1. The van der Waals surface area contributed by atoms with Gasteiger partial charge in [-0.2, -0.15) is 0 Å². The number of amides is 1. The number of ether oxygens (including phenoxy) is 1. The molecule has 1 aliphatic heterocycles. The fraction of sp³-hybridized carbons (Fsp3) is 0.438. The van der Waals surface area contributed by atoms with Crippen molar-refractivity contribution in [3.05, 3.63) is 23.8 Å². The minimum atomic E-state index is -0.436. The number of nitrogens with two attached hydrogens (primary N) is 1. The van der Waals surface area contributed by atoms with Crippen LogP contribution in [0.2, 0.25) is 0 Å². The SMILES string of the molecule is CCOC(=O)c1ccc(N2CC(CSC(C)=O)CC2=O)c(N)c1. The highest BCUT2D eigenvalue weighted by atomic mass is 32.2. The Morgan fingerprint density at radius 3 is 2.78 bits per heavy atom. The number of hydrogen-bond donors (Lipinski definition) is 1. The highest BCUT2D eigenvalue weighted by Crippen LogP contribution is 2.32. The number of thioether (sulfide) groups is 1. The lowest BCUT2D eigenvalue weighted by molar-refractivity contribution is -0.117. The maximum Gasteiger partial charge on any atom is 0.338 e. The summed E-state index contributed by atoms with van der Waals surface area (Å²) in [7, 11) is 0. The first-order valence-electron chi connectivity index (χ1n) is 7.42. The Hall–Kier alpha value is -2.02. The molecular formula is C16H20N2O4S. The van der Waals surface area contributed by atoms with Crippen molar-refractivity contribution >= 4 is 40.1 Å². The molecule has 2 N–H and O–H groups in total. The van der Waals surface area contributed by atoms with Crippen LogP contribution in [0.3, 0.4) is 0 Å². The predicted molar refractivity (Wildman–Crippen MR) is 90.4 cm³/mol. The topological polar surface area (TPSA) is 89.7 Å². The van der Waals surface area contributed by atoms with E-state index in [9.17, 15) is 14.4 Å². The van der Waals surface area contributed by atoms with Crippen LogP contribution in [-0.2, 0) is 14.3 Å². The molecule has 0 saturated carbocycles. The van der Waals surface area contributed by atoms with Crippen molar-refractivity contribution < 1.29 is 19.1 Å². The van der Waals surface area contributed by atoms with E-state index in [1.165, 1.54) is 24.8 Å². The third kappa shape index (κ3) is 4.25. The van der Waals surface area contributed by atoms with Crippen LogP contribution in [0.15, 0.2) is 18.2 Å². The molecule has 0 bridgehead atoms. The lowest BCUT2D eigenvalue weighted by atomic mass is 10.1. The summed E-state index contributed by atoms with van der Waals surface area (Å²) >= 11 is 1.23. The van der Waals surface area contributed by atoms with E-state index in [0.717, 1.165) is 0 Å². The maximum atomic E-state index is 12.2. The maximum absolute atomic E-state index is 12.2. The molecule has 1 fully saturated rings. The highest BCUT2D eigenvalue weighted by molar-refractivity contribution is 8.13. The average molecular weight is 336 g/mol. The minimum Gasteiger partial charge on any atom is -0.462 e. The molecule has 0 spiro atoms. The van der Waals surface area contributed by atoms with E-state index >= 15 is 0 Å². The molecule has 1 aliphatic rings. The Labute approximate surface area is 139 Å². The van der Waals surface area contributed by atoms with E-state index < -0.39 is 5.97 Å². The van der Waals surface area contributed by atoms with Crippen molar-refractivity contribution in [2.24, 2.45) is 5.92 Å². The molecule has 1 aromatic carbocycles. The standard InChI is InChI=1S/C16H20N2O4S/c1-3-22-16(21)12-4-5-14(13(17)7-12)18-8-11(6-15(18)20)9-23-10(2)19/h4-5,7,11H,3,6,8-9,17H2,1-2H3. The number of rotatable bonds is 5. The summed E-state index contributed by atoms with van der Waals surface area (Å²) in [5, 5.41) is 0.0502. The summed E-state index contributed by atoms with van der Waals surface area (Å²) in [6.45, 7) is 4.08. The normalized spacial score (nSPS) is 17.4.